The number of benzene rings is 2. The lowest BCUT2D eigenvalue weighted by atomic mass is 9.81. The highest BCUT2D eigenvalue weighted by atomic mass is 35.5. The summed E-state index contributed by atoms with van der Waals surface area (Å²) in [5.74, 6) is -0.273. The first-order valence-electron chi connectivity index (χ1n) is 5.87. The van der Waals surface area contributed by atoms with Gasteiger partial charge in [0.1, 0.15) is 5.82 Å². The van der Waals surface area contributed by atoms with Crippen LogP contribution in [0.15, 0.2) is 48.5 Å². The minimum Gasteiger partial charge on any atom is -0.318 e. The largest absolute Gasteiger partial charge is 0.318 e. The first-order chi connectivity index (χ1) is 8.56. The highest BCUT2D eigenvalue weighted by Gasteiger charge is 2.27. The van der Waals surface area contributed by atoms with Crippen LogP contribution in [0.2, 0.25) is 5.02 Å². The average molecular weight is 264 g/mol. The monoisotopic (exact) mass is 263 g/mol. The molecule has 0 radical (unpaired) electrons. The smallest absolute Gasteiger partial charge is 0.123 e. The minimum atomic E-state index is -0.688. The standard InChI is InChI=1S/C15H15ClFN/c1-2-15(18,11-6-8-13(16)9-7-11)12-4-3-5-14(17)10-12/h3-10H,2,18H2,1H3. The number of hydrogen-bond donors (Lipinski definition) is 1. The molecule has 0 aliphatic carbocycles. The molecule has 0 aliphatic rings. The summed E-state index contributed by atoms with van der Waals surface area (Å²) in [5, 5.41) is 0.663. The van der Waals surface area contributed by atoms with E-state index in [2.05, 4.69) is 0 Å². The Hall–Kier alpha value is -1.38. The molecule has 18 heavy (non-hydrogen) atoms. The van der Waals surface area contributed by atoms with Gasteiger partial charge in [0, 0.05) is 5.02 Å². The molecule has 0 heterocycles. The zero-order valence-corrected chi connectivity index (χ0v) is 10.9. The van der Waals surface area contributed by atoms with Crippen LogP contribution in [0.3, 0.4) is 0 Å². The van der Waals surface area contributed by atoms with Crippen LogP contribution in [-0.4, -0.2) is 0 Å². The fourth-order valence-electron chi connectivity index (χ4n) is 2.09. The van der Waals surface area contributed by atoms with Gasteiger partial charge in [-0.15, -0.1) is 0 Å². The topological polar surface area (TPSA) is 26.0 Å². The molecular weight excluding hydrogens is 249 g/mol. The molecule has 94 valence electrons. The third-order valence-corrected chi connectivity index (χ3v) is 3.51. The lowest BCUT2D eigenvalue weighted by Gasteiger charge is -2.29. The summed E-state index contributed by atoms with van der Waals surface area (Å²) in [4.78, 5) is 0. The van der Waals surface area contributed by atoms with E-state index in [1.807, 2.05) is 25.1 Å². The van der Waals surface area contributed by atoms with Crippen LogP contribution in [0.1, 0.15) is 24.5 Å². The lowest BCUT2D eigenvalue weighted by molar-refractivity contribution is 0.512. The van der Waals surface area contributed by atoms with E-state index in [9.17, 15) is 4.39 Å². The molecule has 2 rings (SSSR count). The van der Waals surface area contributed by atoms with E-state index < -0.39 is 5.54 Å². The molecule has 0 fully saturated rings. The van der Waals surface area contributed by atoms with Crippen molar-refractivity contribution < 1.29 is 4.39 Å². The van der Waals surface area contributed by atoms with Crippen LogP contribution >= 0.6 is 11.6 Å². The van der Waals surface area contributed by atoms with Crippen LogP contribution in [0, 0.1) is 5.82 Å². The molecule has 0 saturated carbocycles. The van der Waals surface area contributed by atoms with E-state index in [4.69, 9.17) is 17.3 Å². The van der Waals surface area contributed by atoms with Crippen molar-refractivity contribution in [3.63, 3.8) is 0 Å². The van der Waals surface area contributed by atoms with E-state index in [1.165, 1.54) is 12.1 Å². The summed E-state index contributed by atoms with van der Waals surface area (Å²) in [6.45, 7) is 1.99. The Morgan fingerprint density at radius 1 is 1.11 bits per heavy atom. The molecule has 0 spiro atoms. The molecule has 2 aromatic carbocycles. The third kappa shape index (κ3) is 2.40. The highest BCUT2D eigenvalue weighted by Crippen LogP contribution is 2.31. The van der Waals surface area contributed by atoms with Gasteiger partial charge >= 0.3 is 0 Å². The van der Waals surface area contributed by atoms with Gasteiger partial charge < -0.3 is 5.73 Å². The number of nitrogens with two attached hydrogens (primary N) is 1. The van der Waals surface area contributed by atoms with Crippen molar-refractivity contribution in [3.8, 4) is 0 Å². The Balaban J connectivity index is 2.51. The fourth-order valence-corrected chi connectivity index (χ4v) is 2.21. The van der Waals surface area contributed by atoms with E-state index in [0.29, 0.717) is 11.4 Å². The number of halogens is 2. The van der Waals surface area contributed by atoms with Gasteiger partial charge in [-0.1, -0.05) is 42.8 Å². The summed E-state index contributed by atoms with van der Waals surface area (Å²) in [7, 11) is 0. The van der Waals surface area contributed by atoms with Crippen LogP contribution in [0.4, 0.5) is 4.39 Å². The Kier molecular flexibility index (Phi) is 3.69. The van der Waals surface area contributed by atoms with Crippen LogP contribution < -0.4 is 5.73 Å². The normalized spacial score (nSPS) is 14.2. The molecule has 1 nitrogen and oxygen atoms in total. The Morgan fingerprint density at radius 3 is 2.33 bits per heavy atom. The van der Waals surface area contributed by atoms with Gasteiger partial charge in [0.15, 0.2) is 0 Å². The molecule has 1 atom stereocenters. The quantitative estimate of drug-likeness (QED) is 0.887. The Morgan fingerprint density at radius 2 is 1.78 bits per heavy atom. The molecule has 3 heteroatoms. The van der Waals surface area contributed by atoms with Crippen molar-refractivity contribution >= 4 is 11.6 Å². The second kappa shape index (κ2) is 5.09. The SMILES string of the molecule is CCC(N)(c1ccc(Cl)cc1)c1cccc(F)c1. The van der Waals surface area contributed by atoms with Gasteiger partial charge in [0.2, 0.25) is 0 Å². The van der Waals surface area contributed by atoms with Crippen molar-refractivity contribution in [3.05, 3.63) is 70.5 Å². The second-order valence-electron chi connectivity index (χ2n) is 4.34. The van der Waals surface area contributed by atoms with Gasteiger partial charge in [-0.3, -0.25) is 0 Å². The fraction of sp³-hybridized carbons (Fsp3) is 0.200. The lowest BCUT2D eigenvalue weighted by Crippen LogP contribution is -2.37. The van der Waals surface area contributed by atoms with Crippen LogP contribution in [0.5, 0.6) is 0 Å². The van der Waals surface area contributed by atoms with E-state index >= 15 is 0 Å². The third-order valence-electron chi connectivity index (χ3n) is 3.26. The van der Waals surface area contributed by atoms with E-state index in [1.54, 1.807) is 18.2 Å². The van der Waals surface area contributed by atoms with Crippen molar-refractivity contribution in [2.75, 3.05) is 0 Å². The average Bonchev–Trinajstić information content (AvgIpc) is 2.38. The first kappa shape index (κ1) is 13.1. The second-order valence-corrected chi connectivity index (χ2v) is 4.78. The summed E-state index contributed by atoms with van der Waals surface area (Å²) in [5.41, 5.74) is 7.46. The molecule has 0 bridgehead atoms. The van der Waals surface area contributed by atoms with Crippen LogP contribution in [0.25, 0.3) is 0 Å². The minimum absolute atomic E-state index is 0.273. The maximum absolute atomic E-state index is 13.3. The van der Waals surface area contributed by atoms with E-state index in [-0.39, 0.29) is 5.82 Å². The maximum atomic E-state index is 13.3. The van der Waals surface area contributed by atoms with Crippen molar-refractivity contribution in [2.45, 2.75) is 18.9 Å². The van der Waals surface area contributed by atoms with Gasteiger partial charge in [-0.05, 0) is 41.8 Å². The molecule has 0 amide bonds. The highest BCUT2D eigenvalue weighted by molar-refractivity contribution is 6.30. The van der Waals surface area contributed by atoms with Crippen molar-refractivity contribution in [1.82, 2.24) is 0 Å². The van der Waals surface area contributed by atoms with Crippen LogP contribution in [-0.2, 0) is 5.54 Å². The molecule has 2 aromatic rings. The van der Waals surface area contributed by atoms with Gasteiger partial charge in [0.25, 0.3) is 0 Å². The Labute approximate surface area is 111 Å². The molecule has 2 N–H and O–H groups in total. The van der Waals surface area contributed by atoms with Gasteiger partial charge in [0.05, 0.1) is 5.54 Å². The molecule has 1 unspecified atom stereocenters. The first-order valence-corrected chi connectivity index (χ1v) is 6.25. The van der Waals surface area contributed by atoms with Gasteiger partial charge in [-0.2, -0.15) is 0 Å². The summed E-state index contributed by atoms with van der Waals surface area (Å²) < 4.78 is 13.3. The van der Waals surface area contributed by atoms with Gasteiger partial charge in [-0.25, -0.2) is 4.39 Å². The summed E-state index contributed by atoms with van der Waals surface area (Å²) in [6, 6.07) is 13.8. The summed E-state index contributed by atoms with van der Waals surface area (Å²) in [6.07, 6.45) is 0.679. The molecule has 0 aliphatic heterocycles. The zero-order chi connectivity index (χ0) is 13.2. The van der Waals surface area contributed by atoms with Crippen molar-refractivity contribution in [2.24, 2.45) is 5.73 Å². The number of hydrogen-bond acceptors (Lipinski definition) is 1. The summed E-state index contributed by atoms with van der Waals surface area (Å²) >= 11 is 5.88. The molecular formula is C15H15ClFN. The Bertz CT molecular complexity index is 538. The zero-order valence-electron chi connectivity index (χ0n) is 10.2. The van der Waals surface area contributed by atoms with Crippen molar-refractivity contribution in [1.29, 1.82) is 0 Å². The molecule has 0 saturated heterocycles. The predicted octanol–water partition coefficient (Wildman–Crippen LogP) is 4.09. The maximum Gasteiger partial charge on any atom is 0.123 e. The predicted molar refractivity (Wildman–Crippen MR) is 73.1 cm³/mol. The number of rotatable bonds is 3. The molecule has 0 aromatic heterocycles. The van der Waals surface area contributed by atoms with E-state index in [0.717, 1.165) is 11.1 Å².